The lowest BCUT2D eigenvalue weighted by Gasteiger charge is -2.09. The monoisotopic (exact) mass is 309 g/mol. The van der Waals surface area contributed by atoms with Gasteiger partial charge < -0.3 is 5.32 Å². The third-order valence-electron chi connectivity index (χ3n) is 3.43. The van der Waals surface area contributed by atoms with E-state index in [-0.39, 0.29) is 7.43 Å². The standard InChI is InChI=1S/C17H15N3O2.CH4/c21-17(20-22)14-8-6-12(7-9-14)11-19-15-5-1-3-13-4-2-10-18-16(13)15;/h1-10,19,22H,11H2,(H,20,21);1H4. The van der Waals surface area contributed by atoms with E-state index in [1.165, 1.54) is 0 Å². The maximum Gasteiger partial charge on any atom is 0.274 e. The van der Waals surface area contributed by atoms with Gasteiger partial charge in [0.1, 0.15) is 0 Å². The average Bonchev–Trinajstić information content (AvgIpc) is 2.59. The van der Waals surface area contributed by atoms with E-state index in [1.54, 1.807) is 23.8 Å². The number of aromatic nitrogens is 1. The van der Waals surface area contributed by atoms with E-state index in [9.17, 15) is 4.79 Å². The molecule has 1 heterocycles. The van der Waals surface area contributed by atoms with Crippen LogP contribution in [0.3, 0.4) is 0 Å². The van der Waals surface area contributed by atoms with Crippen molar-refractivity contribution in [2.45, 2.75) is 14.0 Å². The second kappa shape index (κ2) is 7.38. The number of hydrogen-bond donors (Lipinski definition) is 3. The summed E-state index contributed by atoms with van der Waals surface area (Å²) in [6.45, 7) is 0.622. The number of benzene rings is 2. The Morgan fingerprint density at radius 3 is 2.52 bits per heavy atom. The number of hydroxylamine groups is 1. The fraction of sp³-hybridized carbons (Fsp3) is 0.111. The first kappa shape index (κ1) is 16.5. The van der Waals surface area contributed by atoms with Gasteiger partial charge in [-0.2, -0.15) is 0 Å². The number of para-hydroxylation sites is 1. The van der Waals surface area contributed by atoms with Crippen molar-refractivity contribution in [2.75, 3.05) is 5.32 Å². The summed E-state index contributed by atoms with van der Waals surface area (Å²) in [7, 11) is 0. The van der Waals surface area contributed by atoms with Gasteiger partial charge in [0.05, 0.1) is 11.2 Å². The molecule has 1 aromatic heterocycles. The molecule has 0 aliphatic rings. The molecule has 0 saturated carbocycles. The zero-order valence-electron chi connectivity index (χ0n) is 11.8. The summed E-state index contributed by atoms with van der Waals surface area (Å²) in [5.74, 6) is -0.516. The number of carbonyl (C=O) groups is 1. The second-order valence-corrected chi connectivity index (χ2v) is 4.87. The lowest BCUT2D eigenvalue weighted by atomic mass is 10.1. The predicted molar refractivity (Wildman–Crippen MR) is 91.5 cm³/mol. The van der Waals surface area contributed by atoms with Gasteiger partial charge in [0.2, 0.25) is 0 Å². The molecule has 5 nitrogen and oxygen atoms in total. The van der Waals surface area contributed by atoms with E-state index in [4.69, 9.17) is 5.21 Å². The maximum absolute atomic E-state index is 11.3. The van der Waals surface area contributed by atoms with Crippen LogP contribution in [0.1, 0.15) is 23.3 Å². The fourth-order valence-corrected chi connectivity index (χ4v) is 2.28. The van der Waals surface area contributed by atoms with Crippen LogP contribution in [0.15, 0.2) is 60.8 Å². The molecular weight excluding hydrogens is 290 g/mol. The van der Waals surface area contributed by atoms with Gasteiger partial charge >= 0.3 is 0 Å². The van der Waals surface area contributed by atoms with Crippen LogP contribution in [-0.4, -0.2) is 16.1 Å². The van der Waals surface area contributed by atoms with E-state index in [1.807, 2.05) is 42.5 Å². The molecule has 0 unspecified atom stereocenters. The lowest BCUT2D eigenvalue weighted by molar-refractivity contribution is 0.0706. The van der Waals surface area contributed by atoms with Crippen LogP contribution in [0.2, 0.25) is 0 Å². The number of carbonyl (C=O) groups excluding carboxylic acids is 1. The molecule has 3 aromatic rings. The Morgan fingerprint density at radius 2 is 1.78 bits per heavy atom. The van der Waals surface area contributed by atoms with Crippen molar-refractivity contribution in [3.8, 4) is 0 Å². The summed E-state index contributed by atoms with van der Waals surface area (Å²) in [5, 5.41) is 13.0. The van der Waals surface area contributed by atoms with Crippen molar-refractivity contribution in [3.05, 3.63) is 71.9 Å². The first-order valence-electron chi connectivity index (χ1n) is 6.89. The maximum atomic E-state index is 11.3. The molecule has 0 fully saturated rings. The molecule has 0 bridgehead atoms. The molecule has 1 amide bonds. The van der Waals surface area contributed by atoms with Crippen LogP contribution in [0.4, 0.5) is 5.69 Å². The number of pyridine rings is 1. The zero-order valence-corrected chi connectivity index (χ0v) is 11.8. The molecule has 3 N–H and O–H groups in total. The average molecular weight is 309 g/mol. The molecule has 0 atom stereocenters. The normalized spacial score (nSPS) is 9.96. The molecule has 0 saturated heterocycles. The molecular formula is C18H19N3O2. The van der Waals surface area contributed by atoms with Crippen molar-refractivity contribution >= 4 is 22.5 Å². The van der Waals surface area contributed by atoms with Crippen molar-refractivity contribution < 1.29 is 10.0 Å². The summed E-state index contributed by atoms with van der Waals surface area (Å²) in [6, 6.07) is 17.0. The highest BCUT2D eigenvalue weighted by atomic mass is 16.5. The Morgan fingerprint density at radius 1 is 1.04 bits per heavy atom. The van der Waals surface area contributed by atoms with E-state index < -0.39 is 5.91 Å². The molecule has 0 aliphatic carbocycles. The fourth-order valence-electron chi connectivity index (χ4n) is 2.28. The third kappa shape index (κ3) is 3.64. The first-order chi connectivity index (χ1) is 10.8. The highest BCUT2D eigenvalue weighted by molar-refractivity contribution is 5.93. The molecule has 3 rings (SSSR count). The summed E-state index contributed by atoms with van der Waals surface area (Å²) >= 11 is 0. The second-order valence-electron chi connectivity index (χ2n) is 4.87. The highest BCUT2D eigenvalue weighted by Crippen LogP contribution is 2.21. The lowest BCUT2D eigenvalue weighted by Crippen LogP contribution is -2.18. The number of nitrogens with one attached hydrogen (secondary N) is 2. The number of rotatable bonds is 4. The van der Waals surface area contributed by atoms with Crippen LogP contribution < -0.4 is 10.8 Å². The summed E-state index contributed by atoms with van der Waals surface area (Å²) in [5.41, 5.74) is 4.96. The first-order valence-corrected chi connectivity index (χ1v) is 6.89. The van der Waals surface area contributed by atoms with Crippen LogP contribution in [0, 0.1) is 0 Å². The number of nitrogens with zero attached hydrogens (tertiary/aromatic N) is 1. The number of hydrogen-bond acceptors (Lipinski definition) is 4. The Bertz CT molecular complexity index is 795. The van der Waals surface area contributed by atoms with Gasteiger partial charge in [-0.3, -0.25) is 15.0 Å². The summed E-state index contributed by atoms with van der Waals surface area (Å²) < 4.78 is 0. The van der Waals surface area contributed by atoms with Gasteiger partial charge in [-0.25, -0.2) is 5.48 Å². The minimum Gasteiger partial charge on any atom is -0.379 e. The largest absolute Gasteiger partial charge is 0.379 e. The Balaban J connectivity index is 0.00000192. The van der Waals surface area contributed by atoms with Gasteiger partial charge in [-0.05, 0) is 29.8 Å². The Kier molecular flexibility index (Phi) is 5.28. The van der Waals surface area contributed by atoms with Gasteiger partial charge in [0.15, 0.2) is 0 Å². The summed E-state index contributed by atoms with van der Waals surface area (Å²) in [6.07, 6.45) is 1.77. The minimum atomic E-state index is -0.516. The van der Waals surface area contributed by atoms with Crippen molar-refractivity contribution in [2.24, 2.45) is 0 Å². The molecule has 2 aromatic carbocycles. The van der Waals surface area contributed by atoms with E-state index in [0.29, 0.717) is 12.1 Å². The van der Waals surface area contributed by atoms with Crippen molar-refractivity contribution in [3.63, 3.8) is 0 Å². The van der Waals surface area contributed by atoms with E-state index in [2.05, 4.69) is 10.3 Å². The molecule has 0 spiro atoms. The Hall–Kier alpha value is -2.92. The Labute approximate surface area is 134 Å². The minimum absolute atomic E-state index is 0. The van der Waals surface area contributed by atoms with Crippen LogP contribution in [0.5, 0.6) is 0 Å². The predicted octanol–water partition coefficient (Wildman–Crippen LogP) is 3.60. The van der Waals surface area contributed by atoms with Gasteiger partial charge in [-0.15, -0.1) is 0 Å². The smallest absolute Gasteiger partial charge is 0.274 e. The van der Waals surface area contributed by atoms with E-state index >= 15 is 0 Å². The van der Waals surface area contributed by atoms with Crippen LogP contribution in [-0.2, 0) is 6.54 Å². The molecule has 118 valence electrons. The van der Waals surface area contributed by atoms with Gasteiger partial charge in [-0.1, -0.05) is 37.8 Å². The van der Waals surface area contributed by atoms with Crippen LogP contribution in [0.25, 0.3) is 10.9 Å². The SMILES string of the molecule is C.O=C(NO)c1ccc(CNc2cccc3cccnc23)cc1. The number of anilines is 1. The zero-order chi connectivity index (χ0) is 15.4. The van der Waals surface area contributed by atoms with Crippen LogP contribution >= 0.6 is 0 Å². The summed E-state index contributed by atoms with van der Waals surface area (Å²) in [4.78, 5) is 15.7. The highest BCUT2D eigenvalue weighted by Gasteiger charge is 2.04. The van der Waals surface area contributed by atoms with Gasteiger partial charge in [0, 0.05) is 23.7 Å². The number of amides is 1. The van der Waals surface area contributed by atoms with E-state index in [0.717, 1.165) is 22.2 Å². The quantitative estimate of drug-likeness (QED) is 0.508. The third-order valence-corrected chi connectivity index (χ3v) is 3.43. The van der Waals surface area contributed by atoms with Gasteiger partial charge in [0.25, 0.3) is 5.91 Å². The molecule has 0 aliphatic heterocycles. The molecule has 5 heteroatoms. The topological polar surface area (TPSA) is 74.2 Å². The number of fused-ring (bicyclic) bond motifs is 1. The molecule has 0 radical (unpaired) electrons. The molecule has 23 heavy (non-hydrogen) atoms. The van der Waals surface area contributed by atoms with Crippen molar-refractivity contribution in [1.82, 2.24) is 10.5 Å². The van der Waals surface area contributed by atoms with Crippen molar-refractivity contribution in [1.29, 1.82) is 0 Å².